The fraction of sp³-hybridized carbons (Fsp3) is 0.143. The van der Waals surface area contributed by atoms with Crippen LogP contribution >= 0.6 is 12.6 Å². The van der Waals surface area contributed by atoms with E-state index in [0.29, 0.717) is 23.4 Å². The zero-order valence-electron chi connectivity index (χ0n) is 12.2. The van der Waals surface area contributed by atoms with E-state index in [1.54, 1.807) is 6.07 Å². The highest BCUT2D eigenvalue weighted by molar-refractivity contribution is 7.92. The average molecular weight is 374 g/mol. The van der Waals surface area contributed by atoms with Gasteiger partial charge in [-0.15, -0.1) is 0 Å². The van der Waals surface area contributed by atoms with Crippen molar-refractivity contribution in [3.8, 4) is 5.88 Å². The molecule has 0 aliphatic heterocycles. The van der Waals surface area contributed by atoms with Gasteiger partial charge in [-0.3, -0.25) is 0 Å². The van der Waals surface area contributed by atoms with E-state index in [4.69, 9.17) is 9.84 Å². The van der Waals surface area contributed by atoms with Crippen molar-refractivity contribution in [2.24, 2.45) is 0 Å². The predicted octanol–water partition coefficient (Wildman–Crippen LogP) is 2.63. The predicted molar refractivity (Wildman–Crippen MR) is 86.8 cm³/mol. The number of aromatic carboxylic acids is 1. The number of halogens is 2. The highest BCUT2D eigenvalue weighted by atomic mass is 32.2. The van der Waals surface area contributed by atoms with Gasteiger partial charge in [0.05, 0.1) is 7.11 Å². The third-order valence-electron chi connectivity index (χ3n) is 2.94. The third-order valence-corrected chi connectivity index (χ3v) is 4.42. The molecule has 1 atom stereocenters. The van der Waals surface area contributed by atoms with Gasteiger partial charge in [0.25, 0.3) is 0 Å². The normalized spacial score (nSPS) is 11.9. The first-order chi connectivity index (χ1) is 11.4. The van der Waals surface area contributed by atoms with Crippen LogP contribution in [0.2, 0.25) is 0 Å². The number of carboxylic acids is 1. The topological polar surface area (TPSA) is 94.5 Å². The molecule has 10 heteroatoms. The number of methoxy groups -OCH3 is 1. The van der Waals surface area contributed by atoms with E-state index in [2.05, 4.69) is 22.3 Å². The van der Waals surface area contributed by atoms with E-state index >= 15 is 0 Å². The van der Waals surface area contributed by atoms with Crippen LogP contribution in [-0.4, -0.2) is 27.7 Å². The first kappa shape index (κ1) is 18.3. The second kappa shape index (κ2) is 7.69. The van der Waals surface area contributed by atoms with Crippen LogP contribution in [0.25, 0.3) is 0 Å². The molecule has 128 valence electrons. The van der Waals surface area contributed by atoms with Gasteiger partial charge in [-0.05, 0) is 11.6 Å². The smallest absolute Gasteiger partial charge is 0.338 e. The van der Waals surface area contributed by atoms with Crippen molar-refractivity contribution in [3.05, 3.63) is 47.2 Å². The van der Waals surface area contributed by atoms with Crippen molar-refractivity contribution in [1.29, 1.82) is 0 Å². The van der Waals surface area contributed by atoms with Gasteiger partial charge >= 0.3 is 5.97 Å². The molecular formula is C14H12F2N2O4S2. The SMILES string of the molecule is COc1ncc(CS)cc1N[S+]([O-])c1cc(C(=O)O)c(F)cc1F. The van der Waals surface area contributed by atoms with Gasteiger partial charge in [0.15, 0.2) is 5.82 Å². The molecular weight excluding hydrogens is 362 g/mol. The number of thiol groups is 1. The Morgan fingerprint density at radius 2 is 2.12 bits per heavy atom. The molecule has 0 bridgehead atoms. The quantitative estimate of drug-likeness (QED) is 0.532. The van der Waals surface area contributed by atoms with Crippen molar-refractivity contribution in [1.82, 2.24) is 4.98 Å². The van der Waals surface area contributed by atoms with Crippen molar-refractivity contribution >= 4 is 35.6 Å². The summed E-state index contributed by atoms with van der Waals surface area (Å²) in [5, 5.41) is 8.88. The van der Waals surface area contributed by atoms with Gasteiger partial charge in [0.2, 0.25) is 10.8 Å². The maximum absolute atomic E-state index is 13.8. The van der Waals surface area contributed by atoms with E-state index in [0.717, 1.165) is 0 Å². The van der Waals surface area contributed by atoms with Gasteiger partial charge in [-0.2, -0.15) is 17.4 Å². The molecule has 0 amide bonds. The molecule has 24 heavy (non-hydrogen) atoms. The number of ether oxygens (including phenoxy) is 1. The summed E-state index contributed by atoms with van der Waals surface area (Å²) in [5.74, 6) is -3.53. The Kier molecular flexibility index (Phi) is 5.86. The van der Waals surface area contributed by atoms with Crippen molar-refractivity contribution in [3.63, 3.8) is 0 Å². The van der Waals surface area contributed by atoms with E-state index in [9.17, 15) is 18.1 Å². The van der Waals surface area contributed by atoms with Crippen LogP contribution in [0.3, 0.4) is 0 Å². The first-order valence-corrected chi connectivity index (χ1v) is 8.20. The summed E-state index contributed by atoms with van der Waals surface area (Å²) in [6.45, 7) is 0. The Morgan fingerprint density at radius 3 is 2.71 bits per heavy atom. The molecule has 0 fully saturated rings. The highest BCUT2D eigenvalue weighted by Crippen LogP contribution is 2.28. The zero-order chi connectivity index (χ0) is 17.9. The number of nitrogens with one attached hydrogen (secondary N) is 1. The molecule has 0 saturated carbocycles. The number of benzene rings is 1. The highest BCUT2D eigenvalue weighted by Gasteiger charge is 2.25. The maximum Gasteiger partial charge on any atom is 0.338 e. The molecule has 1 unspecified atom stereocenters. The summed E-state index contributed by atoms with van der Waals surface area (Å²) in [5.41, 5.74) is 0.100. The number of hydrogen-bond acceptors (Lipinski definition) is 6. The molecule has 2 aromatic rings. The lowest BCUT2D eigenvalue weighted by Gasteiger charge is -2.15. The first-order valence-electron chi connectivity index (χ1n) is 6.42. The second-order valence-electron chi connectivity index (χ2n) is 4.50. The lowest BCUT2D eigenvalue weighted by atomic mass is 10.2. The number of aromatic nitrogens is 1. The van der Waals surface area contributed by atoms with Crippen molar-refractivity contribution in [2.45, 2.75) is 10.6 Å². The largest absolute Gasteiger partial charge is 0.588 e. The molecule has 2 N–H and O–H groups in total. The Labute approximate surface area is 144 Å². The molecule has 0 radical (unpaired) electrons. The summed E-state index contributed by atoms with van der Waals surface area (Å²) < 4.78 is 47.1. The van der Waals surface area contributed by atoms with Crippen LogP contribution in [-0.2, 0) is 17.1 Å². The van der Waals surface area contributed by atoms with Gasteiger partial charge in [-0.25, -0.2) is 18.6 Å². The number of carbonyl (C=O) groups is 1. The van der Waals surface area contributed by atoms with E-state index in [1.165, 1.54) is 13.3 Å². The molecule has 0 spiro atoms. The summed E-state index contributed by atoms with van der Waals surface area (Å²) in [6.07, 6.45) is 1.50. The maximum atomic E-state index is 13.8. The monoisotopic (exact) mass is 374 g/mol. The van der Waals surface area contributed by atoms with Crippen LogP contribution in [0, 0.1) is 11.6 Å². The lowest BCUT2D eigenvalue weighted by molar-refractivity contribution is 0.0691. The summed E-state index contributed by atoms with van der Waals surface area (Å²) in [7, 11) is 1.35. The fourth-order valence-electron chi connectivity index (χ4n) is 1.81. The third kappa shape index (κ3) is 3.89. The van der Waals surface area contributed by atoms with E-state index in [1.807, 2.05) is 0 Å². The Balaban J connectivity index is 2.38. The van der Waals surface area contributed by atoms with Crippen LogP contribution in [0.5, 0.6) is 5.88 Å². The molecule has 0 aliphatic carbocycles. The van der Waals surface area contributed by atoms with Crippen LogP contribution in [0.4, 0.5) is 14.5 Å². The van der Waals surface area contributed by atoms with E-state index < -0.39 is 39.4 Å². The molecule has 0 saturated heterocycles. The minimum Gasteiger partial charge on any atom is -0.588 e. The van der Waals surface area contributed by atoms with Crippen molar-refractivity contribution in [2.75, 3.05) is 11.8 Å². The minimum absolute atomic E-state index is 0.106. The number of hydrogen-bond donors (Lipinski definition) is 3. The summed E-state index contributed by atoms with van der Waals surface area (Å²) >= 11 is 1.89. The van der Waals surface area contributed by atoms with Gasteiger partial charge in [0.1, 0.15) is 28.4 Å². The molecule has 0 aliphatic rings. The Hall–Kier alpha value is -2.04. The molecule has 2 rings (SSSR count). The number of rotatable bonds is 6. The Bertz CT molecular complexity index is 777. The summed E-state index contributed by atoms with van der Waals surface area (Å²) in [4.78, 5) is 14.4. The molecule has 1 aromatic heterocycles. The Morgan fingerprint density at radius 1 is 1.42 bits per heavy atom. The van der Waals surface area contributed by atoms with Gasteiger partial charge in [0, 0.05) is 24.1 Å². The fourth-order valence-corrected chi connectivity index (χ4v) is 2.90. The molecule has 1 aromatic carbocycles. The number of anilines is 1. The molecule has 6 nitrogen and oxygen atoms in total. The van der Waals surface area contributed by atoms with E-state index in [-0.39, 0.29) is 11.6 Å². The van der Waals surface area contributed by atoms with Crippen LogP contribution < -0.4 is 9.46 Å². The van der Waals surface area contributed by atoms with Gasteiger partial charge in [-0.1, -0.05) is 0 Å². The zero-order valence-corrected chi connectivity index (χ0v) is 14.0. The number of carboxylic acid groups (broad SMARTS) is 1. The second-order valence-corrected chi connectivity index (χ2v) is 5.99. The standard InChI is InChI=1S/C14H12F2N2O4S2/c1-22-13-11(2-7(6-23)5-17-13)18-24(21)12-3-8(14(19)20)9(15)4-10(12)16/h2-5,18,23H,6H2,1H3,(H,19,20). The van der Waals surface area contributed by atoms with Gasteiger partial charge < -0.3 is 14.4 Å². The average Bonchev–Trinajstić information content (AvgIpc) is 2.54. The van der Waals surface area contributed by atoms with Crippen molar-refractivity contribution < 1.29 is 28.0 Å². The van der Waals surface area contributed by atoms with Crippen LogP contribution in [0.15, 0.2) is 29.3 Å². The molecule has 1 heterocycles. The lowest BCUT2D eigenvalue weighted by Crippen LogP contribution is -2.17. The number of pyridine rings is 1. The number of nitrogens with zero attached hydrogens (tertiary/aromatic N) is 1. The van der Waals surface area contributed by atoms with Crippen LogP contribution in [0.1, 0.15) is 15.9 Å². The minimum atomic E-state index is -2.20. The summed E-state index contributed by atoms with van der Waals surface area (Å²) in [6, 6.07) is 2.60.